The van der Waals surface area contributed by atoms with Crippen LogP contribution in [0.1, 0.15) is 52.9 Å². The van der Waals surface area contributed by atoms with Gasteiger partial charge in [-0.05, 0) is 46.5 Å². The van der Waals surface area contributed by atoms with Crippen molar-refractivity contribution in [3.8, 4) is 0 Å². The summed E-state index contributed by atoms with van der Waals surface area (Å²) in [6.07, 6.45) is 2.02. The van der Waals surface area contributed by atoms with Gasteiger partial charge in [0.2, 0.25) is 11.8 Å². The minimum Gasteiger partial charge on any atom is -0.460 e. The number of nitrogens with one attached hydrogen (secondary N) is 3. The molecule has 9 N–H and O–H groups in total. The number of esters is 1. The highest BCUT2D eigenvalue weighted by atomic mass is 16.6. The highest BCUT2D eigenvalue weighted by Crippen LogP contribution is 2.26. The number of ether oxygens (including phenoxy) is 1. The first-order valence-corrected chi connectivity index (χ1v) is 9.33. The zero-order valence-electron chi connectivity index (χ0n) is 17.0. The third-order valence-electron chi connectivity index (χ3n) is 4.14. The molecule has 1 rings (SSSR count). The molecule has 1 saturated carbocycles. The lowest BCUT2D eigenvalue weighted by atomic mass is 9.86. The number of carbonyl (C=O) groups excluding carboxylic acids is 4. The predicted molar refractivity (Wildman–Crippen MR) is 105 cm³/mol. The molecule has 1 fully saturated rings. The maximum Gasteiger partial charge on any atom is 0.334 e. The second-order valence-corrected chi connectivity index (χ2v) is 7.89. The fourth-order valence-corrected chi connectivity index (χ4v) is 2.87. The first-order chi connectivity index (χ1) is 13.4. The van der Waals surface area contributed by atoms with Crippen molar-refractivity contribution in [1.82, 2.24) is 16.2 Å². The van der Waals surface area contributed by atoms with Crippen LogP contribution in [0.4, 0.5) is 4.79 Å². The van der Waals surface area contributed by atoms with Gasteiger partial charge in [0, 0.05) is 5.92 Å². The van der Waals surface area contributed by atoms with Gasteiger partial charge in [0.25, 0.3) is 0 Å². The third kappa shape index (κ3) is 9.63. The summed E-state index contributed by atoms with van der Waals surface area (Å²) in [5, 5.41) is 2.23. The van der Waals surface area contributed by atoms with Crippen LogP contribution in [-0.4, -0.2) is 47.5 Å². The Bertz CT molecular complexity index is 647. The summed E-state index contributed by atoms with van der Waals surface area (Å²) in [4.78, 5) is 51.5. The number of amides is 4. The molecule has 0 aromatic rings. The number of hydrazine groups is 1. The second kappa shape index (κ2) is 10.5. The summed E-state index contributed by atoms with van der Waals surface area (Å²) in [5.41, 5.74) is 19.6. The molecule has 12 heteroatoms. The van der Waals surface area contributed by atoms with E-state index in [1.54, 1.807) is 20.8 Å². The minimum atomic E-state index is -1.28. The number of guanidine groups is 1. The van der Waals surface area contributed by atoms with Crippen LogP contribution in [0, 0.1) is 5.92 Å². The van der Waals surface area contributed by atoms with Crippen LogP contribution in [0.25, 0.3) is 0 Å². The predicted octanol–water partition coefficient (Wildman–Crippen LogP) is -1.27. The number of nitrogens with two attached hydrogens (primary N) is 3. The van der Waals surface area contributed by atoms with Crippen LogP contribution in [-0.2, 0) is 19.1 Å². The van der Waals surface area contributed by atoms with Gasteiger partial charge in [0.15, 0.2) is 5.96 Å². The van der Waals surface area contributed by atoms with Crippen molar-refractivity contribution in [2.24, 2.45) is 28.1 Å². The molecule has 0 radical (unpaired) electrons. The van der Waals surface area contributed by atoms with Crippen LogP contribution in [0.15, 0.2) is 4.99 Å². The van der Waals surface area contributed by atoms with Gasteiger partial charge < -0.3 is 27.3 Å². The number of hydrogen-bond donors (Lipinski definition) is 6. The summed E-state index contributed by atoms with van der Waals surface area (Å²) < 4.78 is 5.10. The first-order valence-electron chi connectivity index (χ1n) is 9.33. The molecule has 164 valence electrons. The van der Waals surface area contributed by atoms with Gasteiger partial charge in [-0.2, -0.15) is 0 Å². The highest BCUT2D eigenvalue weighted by Gasteiger charge is 2.28. The Morgan fingerprint density at radius 3 is 2.10 bits per heavy atom. The Balaban J connectivity index is 2.44. The van der Waals surface area contributed by atoms with Crippen molar-refractivity contribution in [3.05, 3.63) is 0 Å². The lowest BCUT2D eigenvalue weighted by molar-refractivity contribution is -0.156. The Morgan fingerprint density at radius 1 is 1.03 bits per heavy atom. The standard InChI is InChI=1S/C17H31N7O5/c1-17(2,3)29-12(25)8-11(13(18)26)22-16(28)24-23-14(27)9-4-6-10(7-5-9)21-15(19)20/h9-11H,4-8H2,1-3H3,(H2,18,26)(H,23,27)(H4,19,20,21)(H2,22,24,28)/t9?,10?,11-/m0/s1. The molecule has 29 heavy (non-hydrogen) atoms. The van der Waals surface area contributed by atoms with E-state index in [-0.39, 0.29) is 23.8 Å². The second-order valence-electron chi connectivity index (χ2n) is 7.89. The van der Waals surface area contributed by atoms with Crippen molar-refractivity contribution in [1.29, 1.82) is 0 Å². The van der Waals surface area contributed by atoms with Crippen molar-refractivity contribution in [3.63, 3.8) is 0 Å². The number of aliphatic imine (C=N–C) groups is 1. The molecule has 1 aliphatic carbocycles. The summed E-state index contributed by atoms with van der Waals surface area (Å²) in [6, 6.07) is -2.17. The highest BCUT2D eigenvalue weighted by molar-refractivity contribution is 5.90. The molecule has 0 saturated heterocycles. The monoisotopic (exact) mass is 413 g/mol. The number of urea groups is 1. The molecule has 1 aliphatic rings. The smallest absolute Gasteiger partial charge is 0.334 e. The van der Waals surface area contributed by atoms with Crippen molar-refractivity contribution in [2.45, 2.75) is 70.6 Å². The molecule has 4 amide bonds. The topological polar surface area (TPSA) is 204 Å². The molecule has 0 aliphatic heterocycles. The Kier molecular flexibility index (Phi) is 8.67. The van der Waals surface area contributed by atoms with E-state index in [1.165, 1.54) is 0 Å². The van der Waals surface area contributed by atoms with Crippen molar-refractivity contribution in [2.75, 3.05) is 0 Å². The van der Waals surface area contributed by atoms with Gasteiger partial charge in [-0.1, -0.05) is 0 Å². The summed E-state index contributed by atoms with van der Waals surface area (Å²) in [5.74, 6) is -2.24. The lowest BCUT2D eigenvalue weighted by Gasteiger charge is -2.25. The quantitative estimate of drug-likeness (QED) is 0.135. The van der Waals surface area contributed by atoms with Gasteiger partial charge in [-0.3, -0.25) is 24.8 Å². The number of primary amides is 1. The van der Waals surface area contributed by atoms with E-state index < -0.39 is 36.0 Å². The number of carbonyl (C=O) groups is 4. The molecule has 0 spiro atoms. The first kappa shape index (κ1) is 24.0. The Hall–Kier alpha value is -3.05. The molecule has 1 atom stereocenters. The Morgan fingerprint density at radius 2 is 1.62 bits per heavy atom. The summed E-state index contributed by atoms with van der Waals surface area (Å²) >= 11 is 0. The van der Waals surface area contributed by atoms with Crippen molar-refractivity contribution >= 4 is 29.8 Å². The van der Waals surface area contributed by atoms with Gasteiger partial charge in [-0.25, -0.2) is 10.2 Å². The number of rotatable bonds is 6. The molecule has 12 nitrogen and oxygen atoms in total. The van der Waals surface area contributed by atoms with Crippen LogP contribution >= 0.6 is 0 Å². The van der Waals surface area contributed by atoms with E-state index in [9.17, 15) is 19.2 Å². The fourth-order valence-electron chi connectivity index (χ4n) is 2.87. The number of hydrogen-bond acceptors (Lipinski definition) is 6. The van der Waals surface area contributed by atoms with E-state index in [2.05, 4.69) is 21.2 Å². The average molecular weight is 413 g/mol. The third-order valence-corrected chi connectivity index (χ3v) is 4.14. The van der Waals surface area contributed by atoms with Gasteiger partial charge in [0.05, 0.1) is 12.5 Å². The van der Waals surface area contributed by atoms with E-state index in [1.807, 2.05) is 0 Å². The SMILES string of the molecule is CC(C)(C)OC(=O)C[C@H](NC(=O)NNC(=O)C1CCC(N=C(N)N)CC1)C(N)=O. The summed E-state index contributed by atoms with van der Waals surface area (Å²) in [6.45, 7) is 5.01. The normalized spacial score (nSPS) is 20.0. The molecular formula is C17H31N7O5. The van der Waals surface area contributed by atoms with Gasteiger partial charge in [0.1, 0.15) is 11.6 Å². The van der Waals surface area contributed by atoms with Gasteiger partial charge in [-0.15, -0.1) is 0 Å². The van der Waals surface area contributed by atoms with E-state index in [0.717, 1.165) is 0 Å². The number of nitrogens with zero attached hydrogens (tertiary/aromatic N) is 1. The van der Waals surface area contributed by atoms with Crippen LogP contribution in [0.2, 0.25) is 0 Å². The zero-order valence-corrected chi connectivity index (χ0v) is 17.0. The Labute approximate surface area is 169 Å². The summed E-state index contributed by atoms with van der Waals surface area (Å²) in [7, 11) is 0. The average Bonchev–Trinajstić information content (AvgIpc) is 2.57. The molecule has 0 aromatic heterocycles. The molecule has 0 bridgehead atoms. The van der Waals surface area contributed by atoms with Gasteiger partial charge >= 0.3 is 12.0 Å². The van der Waals surface area contributed by atoms with E-state index in [4.69, 9.17) is 21.9 Å². The molecular weight excluding hydrogens is 382 g/mol. The molecule has 0 aromatic carbocycles. The maximum atomic E-state index is 12.2. The molecule has 0 heterocycles. The van der Waals surface area contributed by atoms with Crippen LogP contribution < -0.4 is 33.4 Å². The van der Waals surface area contributed by atoms with E-state index >= 15 is 0 Å². The lowest BCUT2D eigenvalue weighted by Crippen LogP contribution is -2.54. The van der Waals surface area contributed by atoms with Crippen LogP contribution in [0.5, 0.6) is 0 Å². The fraction of sp³-hybridized carbons (Fsp3) is 0.706. The minimum absolute atomic E-state index is 0.00973. The van der Waals surface area contributed by atoms with Crippen molar-refractivity contribution < 1.29 is 23.9 Å². The van der Waals surface area contributed by atoms with Crippen LogP contribution in [0.3, 0.4) is 0 Å². The largest absolute Gasteiger partial charge is 0.460 e. The molecule has 0 unspecified atom stereocenters. The van der Waals surface area contributed by atoms with E-state index in [0.29, 0.717) is 25.7 Å². The maximum absolute atomic E-state index is 12.2. The zero-order chi connectivity index (χ0) is 22.2.